The smallest absolute Gasteiger partial charge is 0.331 e. The highest BCUT2D eigenvalue weighted by Gasteiger charge is 2.39. The Morgan fingerprint density at radius 3 is 3.06 bits per heavy atom. The lowest BCUT2D eigenvalue weighted by Gasteiger charge is -2.17. The molecule has 0 aromatic carbocycles. The van der Waals surface area contributed by atoms with Gasteiger partial charge in [-0.15, -0.1) is 11.6 Å². The van der Waals surface area contributed by atoms with Gasteiger partial charge in [-0.25, -0.2) is 0 Å². The highest BCUT2D eigenvalue weighted by molar-refractivity contribution is 8.20. The number of hydrogen-bond donors (Lipinski definition) is 1. The molecular weight excluding hydrogens is 304 g/mol. The molecule has 2 aliphatic rings. The monoisotopic (exact) mass is 314 g/mol. The van der Waals surface area contributed by atoms with Crippen LogP contribution in [0.2, 0.25) is 0 Å². The van der Waals surface area contributed by atoms with Crippen LogP contribution in [-0.2, 0) is 21.2 Å². The van der Waals surface area contributed by atoms with E-state index in [1.165, 1.54) is 0 Å². The highest BCUT2D eigenvalue weighted by Crippen LogP contribution is 2.43. The van der Waals surface area contributed by atoms with E-state index >= 15 is 0 Å². The number of nitrogens with one attached hydrogen (secondary N) is 1. The Morgan fingerprint density at radius 2 is 2.41 bits per heavy atom. The molecule has 17 heavy (non-hydrogen) atoms. The van der Waals surface area contributed by atoms with E-state index in [1.807, 2.05) is 6.92 Å². The molecule has 2 aliphatic heterocycles. The summed E-state index contributed by atoms with van der Waals surface area (Å²) in [6.45, 7) is 1.88. The zero-order valence-corrected chi connectivity index (χ0v) is 12.2. The van der Waals surface area contributed by atoms with Gasteiger partial charge in [-0.1, -0.05) is 23.1 Å². The van der Waals surface area contributed by atoms with E-state index in [9.17, 15) is 13.0 Å². The lowest BCUT2D eigenvalue weighted by Crippen LogP contribution is -2.36. The fraction of sp³-hybridized carbons (Fsp3) is 0.625. The van der Waals surface area contributed by atoms with Crippen LogP contribution < -0.4 is 5.32 Å². The van der Waals surface area contributed by atoms with Gasteiger partial charge in [-0.05, 0) is 6.42 Å². The Bertz CT molecular complexity index is 488. The van der Waals surface area contributed by atoms with Gasteiger partial charge in [0.25, 0.3) is 10.0 Å². The second-order valence-corrected chi connectivity index (χ2v) is 8.83. The maximum absolute atomic E-state index is 11.8. The van der Waals surface area contributed by atoms with E-state index in [1.54, 1.807) is 0 Å². The molecule has 0 radical (unpaired) electrons. The van der Waals surface area contributed by atoms with Gasteiger partial charge in [0.1, 0.15) is 9.99 Å². The number of thioether (sulfide) groups is 1. The SMILES string of the molecule is CCC[S+]([O-])C1=NS(=O)(=O)C2=C(CC(Cl)S2)N1. The summed E-state index contributed by atoms with van der Waals surface area (Å²) in [6, 6.07) is 0. The number of alkyl halides is 1. The number of sulfonamides is 1. The van der Waals surface area contributed by atoms with Crippen LogP contribution in [0.4, 0.5) is 0 Å². The van der Waals surface area contributed by atoms with Crippen molar-refractivity contribution in [3.63, 3.8) is 0 Å². The van der Waals surface area contributed by atoms with Crippen LogP contribution >= 0.6 is 23.4 Å². The third-order valence-electron chi connectivity index (χ3n) is 2.15. The first-order chi connectivity index (χ1) is 7.94. The number of amidine groups is 1. The molecule has 2 atom stereocenters. The van der Waals surface area contributed by atoms with Crippen LogP contribution in [0.5, 0.6) is 0 Å². The zero-order chi connectivity index (χ0) is 12.6. The van der Waals surface area contributed by atoms with E-state index in [0.29, 0.717) is 24.3 Å². The molecule has 0 aliphatic carbocycles. The molecule has 0 bridgehead atoms. The first-order valence-corrected chi connectivity index (χ1v) is 9.06. The van der Waals surface area contributed by atoms with E-state index < -0.39 is 21.2 Å². The summed E-state index contributed by atoms with van der Waals surface area (Å²) in [6.07, 6.45) is 1.12. The van der Waals surface area contributed by atoms with Crippen molar-refractivity contribution in [2.24, 2.45) is 4.40 Å². The van der Waals surface area contributed by atoms with E-state index in [-0.39, 0.29) is 14.1 Å². The molecule has 96 valence electrons. The second-order valence-electron chi connectivity index (χ2n) is 3.54. The Labute approximate surface area is 112 Å². The van der Waals surface area contributed by atoms with Crippen LogP contribution in [-0.4, -0.2) is 28.6 Å². The summed E-state index contributed by atoms with van der Waals surface area (Å²) >= 11 is 5.56. The average Bonchev–Trinajstić information content (AvgIpc) is 2.59. The highest BCUT2D eigenvalue weighted by atomic mass is 35.5. The van der Waals surface area contributed by atoms with Crippen molar-refractivity contribution in [3.05, 3.63) is 9.93 Å². The first-order valence-electron chi connectivity index (χ1n) is 4.98. The molecule has 2 unspecified atom stereocenters. The fourth-order valence-electron chi connectivity index (χ4n) is 1.47. The molecule has 0 aromatic rings. The maximum Gasteiger partial charge on any atom is 0.331 e. The summed E-state index contributed by atoms with van der Waals surface area (Å²) in [5.74, 6) is 0.390. The van der Waals surface area contributed by atoms with Crippen LogP contribution in [0.3, 0.4) is 0 Å². The Kier molecular flexibility index (Phi) is 3.99. The summed E-state index contributed by atoms with van der Waals surface area (Å²) in [5.41, 5.74) is 0.518. The summed E-state index contributed by atoms with van der Waals surface area (Å²) in [7, 11) is -3.72. The van der Waals surface area contributed by atoms with Gasteiger partial charge in [0.2, 0.25) is 0 Å². The molecule has 1 N–H and O–H groups in total. The lowest BCUT2D eigenvalue weighted by molar-refractivity contribution is 0.598. The third-order valence-corrected chi connectivity index (χ3v) is 7.03. The summed E-state index contributed by atoms with van der Waals surface area (Å²) in [5, 5.41) is 2.86. The van der Waals surface area contributed by atoms with Crippen LogP contribution in [0.15, 0.2) is 14.3 Å². The van der Waals surface area contributed by atoms with Crippen LogP contribution in [0, 0.1) is 0 Å². The predicted molar refractivity (Wildman–Crippen MR) is 71.7 cm³/mol. The lowest BCUT2D eigenvalue weighted by atomic mass is 10.4. The minimum atomic E-state index is -3.72. The van der Waals surface area contributed by atoms with Gasteiger partial charge in [0.05, 0.1) is 10.4 Å². The fourth-order valence-corrected chi connectivity index (χ4v) is 5.98. The molecule has 0 spiro atoms. The Hall–Kier alpha value is 0.110. The van der Waals surface area contributed by atoms with Crippen molar-refractivity contribution < 1.29 is 13.0 Å². The van der Waals surface area contributed by atoms with Gasteiger partial charge in [0, 0.05) is 17.6 Å². The van der Waals surface area contributed by atoms with Crippen molar-refractivity contribution in [1.29, 1.82) is 0 Å². The quantitative estimate of drug-likeness (QED) is 0.614. The number of hydrogen-bond acceptors (Lipinski definition) is 5. The van der Waals surface area contributed by atoms with E-state index in [2.05, 4.69) is 9.71 Å². The molecule has 5 nitrogen and oxygen atoms in total. The van der Waals surface area contributed by atoms with Crippen molar-refractivity contribution >= 4 is 49.7 Å². The van der Waals surface area contributed by atoms with Gasteiger partial charge in [-0.2, -0.15) is 8.42 Å². The normalized spacial score (nSPS) is 28.4. The molecule has 0 saturated carbocycles. The Morgan fingerprint density at radius 1 is 1.71 bits per heavy atom. The van der Waals surface area contributed by atoms with Crippen molar-refractivity contribution in [3.8, 4) is 0 Å². The standard InChI is InChI=1S/C8H11ClN2O3S3/c1-2-3-16(12)8-10-5-4-6(9)15-7(5)17(13,14)11-8/h6H,2-4H2,1H3,(H,10,11). The molecular formula is C8H11ClN2O3S3. The topological polar surface area (TPSA) is 81.6 Å². The molecule has 0 amide bonds. The zero-order valence-electron chi connectivity index (χ0n) is 8.97. The summed E-state index contributed by atoms with van der Waals surface area (Å²) in [4.78, 5) is 0. The average molecular weight is 315 g/mol. The van der Waals surface area contributed by atoms with Crippen molar-refractivity contribution in [2.45, 2.75) is 24.5 Å². The van der Waals surface area contributed by atoms with Gasteiger partial charge in [0.15, 0.2) is 0 Å². The number of rotatable bonds is 2. The largest absolute Gasteiger partial charge is 0.609 e. The number of allylic oxidation sites excluding steroid dienone is 1. The van der Waals surface area contributed by atoms with Gasteiger partial charge >= 0.3 is 5.17 Å². The number of halogens is 1. The van der Waals surface area contributed by atoms with E-state index in [0.717, 1.165) is 11.8 Å². The molecule has 9 heteroatoms. The van der Waals surface area contributed by atoms with E-state index in [4.69, 9.17) is 11.6 Å². The summed E-state index contributed by atoms with van der Waals surface area (Å²) < 4.78 is 38.8. The minimum absolute atomic E-state index is 0.0250. The molecule has 0 saturated heterocycles. The van der Waals surface area contributed by atoms with Gasteiger partial charge in [-0.3, -0.25) is 0 Å². The van der Waals surface area contributed by atoms with Crippen molar-refractivity contribution in [2.75, 3.05) is 5.75 Å². The number of nitrogens with zero attached hydrogens (tertiary/aromatic N) is 1. The third kappa shape index (κ3) is 2.76. The first kappa shape index (κ1) is 13.5. The van der Waals surface area contributed by atoms with Crippen LogP contribution in [0.25, 0.3) is 0 Å². The molecule has 0 fully saturated rings. The second kappa shape index (κ2) is 5.00. The molecule has 2 rings (SSSR count). The maximum atomic E-state index is 11.8. The predicted octanol–water partition coefficient (Wildman–Crippen LogP) is 1.31. The molecule has 2 heterocycles. The van der Waals surface area contributed by atoms with Crippen molar-refractivity contribution in [1.82, 2.24) is 5.32 Å². The Balaban J connectivity index is 2.27. The minimum Gasteiger partial charge on any atom is -0.609 e. The van der Waals surface area contributed by atoms with Crippen LogP contribution in [0.1, 0.15) is 19.8 Å². The molecule has 0 aromatic heterocycles. The van der Waals surface area contributed by atoms with Gasteiger partial charge < -0.3 is 9.87 Å².